The lowest BCUT2D eigenvalue weighted by molar-refractivity contribution is 0.0951. The van der Waals surface area contributed by atoms with Crippen molar-refractivity contribution in [2.24, 2.45) is 5.84 Å². The van der Waals surface area contributed by atoms with Gasteiger partial charge in [-0.3, -0.25) is 15.1 Å². The Kier molecular flexibility index (Phi) is 4.30. The molecule has 2 rings (SSSR count). The number of nitrogens with one attached hydrogen (secondary N) is 1. The van der Waals surface area contributed by atoms with Gasteiger partial charge in [-0.2, -0.15) is 0 Å². The second kappa shape index (κ2) is 5.95. The van der Waals surface area contributed by atoms with Crippen molar-refractivity contribution in [2.45, 2.75) is 19.0 Å². The summed E-state index contributed by atoms with van der Waals surface area (Å²) in [6, 6.07) is 7.95. The number of likely N-dealkylation sites (N-methyl/N-ethyl adjacent to an activating group) is 1. The Morgan fingerprint density at radius 3 is 3.00 bits per heavy atom. The molecule has 1 aromatic carbocycles. The van der Waals surface area contributed by atoms with Crippen molar-refractivity contribution in [3.8, 4) is 0 Å². The van der Waals surface area contributed by atoms with Gasteiger partial charge in [0.25, 0.3) is 5.91 Å². The largest absolute Gasteiger partial charge is 0.380 e. The zero-order chi connectivity index (χ0) is 13.0. The van der Waals surface area contributed by atoms with Crippen molar-refractivity contribution in [1.29, 1.82) is 0 Å². The fourth-order valence-electron chi connectivity index (χ4n) is 2.22. The summed E-state index contributed by atoms with van der Waals surface area (Å²) in [4.78, 5) is 13.9. The standard InChI is InChI=1S/C13H19N3O2/c1-16(11-6-7-18-9-11)8-10-4-2-3-5-12(10)13(17)15-14/h2-5,11H,6-9,14H2,1H3,(H,15,17). The van der Waals surface area contributed by atoms with Gasteiger partial charge < -0.3 is 4.74 Å². The predicted molar refractivity (Wildman–Crippen MR) is 68.8 cm³/mol. The molecular weight excluding hydrogens is 230 g/mol. The normalized spacial score (nSPS) is 19.2. The smallest absolute Gasteiger partial charge is 0.265 e. The number of carbonyl (C=O) groups excluding carboxylic acids is 1. The van der Waals surface area contributed by atoms with Crippen LogP contribution in [0.5, 0.6) is 0 Å². The average Bonchev–Trinajstić information content (AvgIpc) is 2.92. The van der Waals surface area contributed by atoms with Crippen LogP contribution in [0.25, 0.3) is 0 Å². The van der Waals surface area contributed by atoms with Gasteiger partial charge in [0, 0.05) is 24.8 Å². The molecule has 0 spiro atoms. The van der Waals surface area contributed by atoms with Gasteiger partial charge in [-0.1, -0.05) is 18.2 Å². The molecule has 5 heteroatoms. The topological polar surface area (TPSA) is 67.6 Å². The summed E-state index contributed by atoms with van der Waals surface area (Å²) >= 11 is 0. The summed E-state index contributed by atoms with van der Waals surface area (Å²) in [5, 5.41) is 0. The van der Waals surface area contributed by atoms with Crippen molar-refractivity contribution in [3.63, 3.8) is 0 Å². The molecule has 1 aliphatic rings. The van der Waals surface area contributed by atoms with Crippen LogP contribution in [0.4, 0.5) is 0 Å². The van der Waals surface area contributed by atoms with Gasteiger partial charge in [0.1, 0.15) is 0 Å². The van der Waals surface area contributed by atoms with E-state index in [1.165, 1.54) is 0 Å². The molecule has 0 aliphatic carbocycles. The lowest BCUT2D eigenvalue weighted by atomic mass is 10.1. The van der Waals surface area contributed by atoms with Gasteiger partial charge in [-0.15, -0.1) is 0 Å². The van der Waals surface area contributed by atoms with Gasteiger partial charge >= 0.3 is 0 Å². The molecule has 1 atom stereocenters. The predicted octanol–water partition coefficient (Wildman–Crippen LogP) is 0.511. The lowest BCUT2D eigenvalue weighted by Gasteiger charge is -2.23. The molecule has 0 saturated carbocycles. The number of nitrogen functional groups attached to an aromatic ring is 1. The van der Waals surface area contributed by atoms with Gasteiger partial charge in [-0.05, 0) is 25.1 Å². The van der Waals surface area contributed by atoms with Crippen LogP contribution in [0.3, 0.4) is 0 Å². The van der Waals surface area contributed by atoms with Crippen LogP contribution in [-0.2, 0) is 11.3 Å². The maximum absolute atomic E-state index is 11.7. The number of ether oxygens (including phenoxy) is 1. The van der Waals surface area contributed by atoms with E-state index in [9.17, 15) is 4.79 Å². The van der Waals surface area contributed by atoms with Crippen molar-refractivity contribution >= 4 is 5.91 Å². The number of benzene rings is 1. The molecule has 1 aliphatic heterocycles. The third-order valence-electron chi connectivity index (χ3n) is 3.34. The highest BCUT2D eigenvalue weighted by molar-refractivity contribution is 5.95. The van der Waals surface area contributed by atoms with E-state index in [4.69, 9.17) is 10.6 Å². The number of carbonyl (C=O) groups is 1. The van der Waals surface area contributed by atoms with Crippen LogP contribution in [0.2, 0.25) is 0 Å². The Bertz CT molecular complexity index is 416. The van der Waals surface area contributed by atoms with E-state index in [0.29, 0.717) is 11.6 Å². The van der Waals surface area contributed by atoms with Crippen LogP contribution in [0.15, 0.2) is 24.3 Å². The molecule has 1 heterocycles. The second-order valence-corrected chi connectivity index (χ2v) is 4.56. The number of amides is 1. The lowest BCUT2D eigenvalue weighted by Crippen LogP contribution is -2.34. The van der Waals surface area contributed by atoms with Crippen molar-refractivity contribution in [2.75, 3.05) is 20.3 Å². The van der Waals surface area contributed by atoms with E-state index in [1.807, 2.05) is 18.2 Å². The van der Waals surface area contributed by atoms with Crippen LogP contribution in [0.1, 0.15) is 22.3 Å². The number of nitrogens with two attached hydrogens (primary N) is 1. The first-order valence-electron chi connectivity index (χ1n) is 6.09. The van der Waals surface area contributed by atoms with E-state index in [0.717, 1.165) is 31.7 Å². The molecule has 0 bridgehead atoms. The summed E-state index contributed by atoms with van der Waals surface area (Å²) in [7, 11) is 2.05. The van der Waals surface area contributed by atoms with Crippen molar-refractivity contribution < 1.29 is 9.53 Å². The summed E-state index contributed by atoms with van der Waals surface area (Å²) < 4.78 is 5.37. The minimum atomic E-state index is -0.248. The molecule has 98 valence electrons. The maximum atomic E-state index is 11.7. The molecule has 5 nitrogen and oxygen atoms in total. The van der Waals surface area contributed by atoms with Crippen LogP contribution in [0, 0.1) is 0 Å². The van der Waals surface area contributed by atoms with Gasteiger partial charge in [-0.25, -0.2) is 5.84 Å². The molecule has 3 N–H and O–H groups in total. The number of hydrogen-bond acceptors (Lipinski definition) is 4. The summed E-state index contributed by atoms with van der Waals surface area (Å²) in [6.45, 7) is 2.30. The van der Waals surface area contributed by atoms with Gasteiger partial charge in [0.05, 0.1) is 6.61 Å². The van der Waals surface area contributed by atoms with Crippen LogP contribution < -0.4 is 11.3 Å². The van der Waals surface area contributed by atoms with E-state index in [1.54, 1.807) is 6.07 Å². The molecule has 1 amide bonds. The van der Waals surface area contributed by atoms with Crippen molar-refractivity contribution in [1.82, 2.24) is 10.3 Å². The number of rotatable bonds is 4. The van der Waals surface area contributed by atoms with Gasteiger partial charge in [0.15, 0.2) is 0 Å². The first-order valence-corrected chi connectivity index (χ1v) is 6.09. The molecule has 1 unspecified atom stereocenters. The molecule has 18 heavy (non-hydrogen) atoms. The maximum Gasteiger partial charge on any atom is 0.265 e. The minimum Gasteiger partial charge on any atom is -0.380 e. The molecule has 1 aromatic rings. The molecular formula is C13H19N3O2. The first kappa shape index (κ1) is 13.0. The summed E-state index contributed by atoms with van der Waals surface area (Å²) in [5.41, 5.74) is 3.79. The minimum absolute atomic E-state index is 0.248. The van der Waals surface area contributed by atoms with Crippen LogP contribution >= 0.6 is 0 Å². The highest BCUT2D eigenvalue weighted by Crippen LogP contribution is 2.16. The Balaban J connectivity index is 2.10. The fraction of sp³-hybridized carbons (Fsp3) is 0.462. The molecule has 1 saturated heterocycles. The zero-order valence-electron chi connectivity index (χ0n) is 10.6. The van der Waals surface area contributed by atoms with Gasteiger partial charge in [0.2, 0.25) is 0 Å². The van der Waals surface area contributed by atoms with E-state index >= 15 is 0 Å². The van der Waals surface area contributed by atoms with Crippen LogP contribution in [-0.4, -0.2) is 37.1 Å². The summed E-state index contributed by atoms with van der Waals surface area (Å²) in [6.07, 6.45) is 1.04. The third-order valence-corrected chi connectivity index (χ3v) is 3.34. The SMILES string of the molecule is CN(Cc1ccccc1C(=O)NN)C1CCOC1. The number of hydrogen-bond donors (Lipinski definition) is 2. The molecule has 0 aromatic heterocycles. The fourth-order valence-corrected chi connectivity index (χ4v) is 2.22. The highest BCUT2D eigenvalue weighted by atomic mass is 16.5. The van der Waals surface area contributed by atoms with E-state index < -0.39 is 0 Å². The van der Waals surface area contributed by atoms with E-state index in [2.05, 4.69) is 17.4 Å². The number of nitrogens with zero attached hydrogens (tertiary/aromatic N) is 1. The molecule has 1 fully saturated rings. The highest BCUT2D eigenvalue weighted by Gasteiger charge is 2.21. The van der Waals surface area contributed by atoms with E-state index in [-0.39, 0.29) is 5.91 Å². The zero-order valence-corrected chi connectivity index (χ0v) is 10.6. The average molecular weight is 249 g/mol. The Hall–Kier alpha value is -1.43. The molecule has 0 radical (unpaired) electrons. The Morgan fingerprint density at radius 1 is 1.56 bits per heavy atom. The first-order chi connectivity index (χ1) is 8.72. The Labute approximate surface area is 107 Å². The third kappa shape index (κ3) is 2.87. The van der Waals surface area contributed by atoms with Crippen molar-refractivity contribution in [3.05, 3.63) is 35.4 Å². The Morgan fingerprint density at radius 2 is 2.33 bits per heavy atom. The quantitative estimate of drug-likeness (QED) is 0.463. The monoisotopic (exact) mass is 249 g/mol. The number of hydrazine groups is 1. The summed E-state index contributed by atoms with van der Waals surface area (Å²) in [5.74, 6) is 4.94. The second-order valence-electron chi connectivity index (χ2n) is 4.56.